The van der Waals surface area contributed by atoms with Crippen LogP contribution >= 0.6 is 0 Å². The van der Waals surface area contributed by atoms with E-state index in [-0.39, 0.29) is 11.8 Å². The quantitative estimate of drug-likeness (QED) is 0.691. The first-order valence-electron chi connectivity index (χ1n) is 7.58. The Hall–Kier alpha value is -2.82. The molecule has 118 valence electrons. The number of carbonyl (C=O) groups excluding carboxylic acids is 2. The summed E-state index contributed by atoms with van der Waals surface area (Å²) < 4.78 is 0. The number of hydrogen-bond acceptors (Lipinski definition) is 2. The lowest BCUT2D eigenvalue weighted by atomic mass is 10.0. The van der Waals surface area contributed by atoms with E-state index in [0.29, 0.717) is 5.56 Å². The number of para-hydroxylation sites is 1. The highest BCUT2D eigenvalue weighted by atomic mass is 16.2. The number of rotatable bonds is 4. The molecule has 0 aliphatic carbocycles. The maximum atomic E-state index is 12.4. The second-order valence-electron chi connectivity index (χ2n) is 6.03. The molecule has 1 heterocycles. The van der Waals surface area contributed by atoms with Crippen molar-refractivity contribution in [2.75, 3.05) is 0 Å². The number of aromatic amines is 1. The number of primary amides is 1. The Balaban J connectivity index is 1.98. The first-order valence-corrected chi connectivity index (χ1v) is 7.58. The van der Waals surface area contributed by atoms with Crippen LogP contribution in [-0.2, 0) is 4.79 Å². The summed E-state index contributed by atoms with van der Waals surface area (Å²) in [4.78, 5) is 27.2. The van der Waals surface area contributed by atoms with Crippen molar-refractivity contribution in [3.8, 4) is 0 Å². The van der Waals surface area contributed by atoms with Crippen molar-refractivity contribution in [3.63, 3.8) is 0 Å². The van der Waals surface area contributed by atoms with Gasteiger partial charge in [0.15, 0.2) is 0 Å². The molecule has 0 spiro atoms. The summed E-state index contributed by atoms with van der Waals surface area (Å²) in [5.41, 5.74) is 7.86. The molecule has 0 saturated carbocycles. The number of nitrogens with two attached hydrogens (primary N) is 1. The van der Waals surface area contributed by atoms with E-state index in [1.54, 1.807) is 6.07 Å². The molecule has 4 N–H and O–H groups in total. The largest absolute Gasteiger partial charge is 0.368 e. The lowest BCUT2D eigenvalue weighted by Crippen LogP contribution is -2.47. The zero-order valence-electron chi connectivity index (χ0n) is 13.1. The van der Waals surface area contributed by atoms with Gasteiger partial charge in [0.05, 0.1) is 0 Å². The summed E-state index contributed by atoms with van der Waals surface area (Å²) in [6, 6.07) is 12.7. The van der Waals surface area contributed by atoms with Crippen molar-refractivity contribution in [2.45, 2.75) is 19.9 Å². The van der Waals surface area contributed by atoms with Crippen LogP contribution in [0.4, 0.5) is 0 Å². The maximum absolute atomic E-state index is 12.4. The molecule has 3 rings (SSSR count). The zero-order chi connectivity index (χ0) is 16.6. The first-order chi connectivity index (χ1) is 11.0. The van der Waals surface area contributed by atoms with Gasteiger partial charge in [-0.15, -0.1) is 0 Å². The van der Waals surface area contributed by atoms with Crippen molar-refractivity contribution in [1.29, 1.82) is 0 Å². The highest BCUT2D eigenvalue weighted by Gasteiger charge is 2.22. The van der Waals surface area contributed by atoms with Crippen LogP contribution in [0.2, 0.25) is 0 Å². The molecule has 0 bridgehead atoms. The van der Waals surface area contributed by atoms with Crippen LogP contribution in [0.25, 0.3) is 21.8 Å². The van der Waals surface area contributed by atoms with Gasteiger partial charge in [0.25, 0.3) is 5.91 Å². The molecule has 0 unspecified atom stereocenters. The zero-order valence-corrected chi connectivity index (χ0v) is 13.1. The monoisotopic (exact) mass is 309 g/mol. The summed E-state index contributed by atoms with van der Waals surface area (Å²) in [7, 11) is 0. The highest BCUT2D eigenvalue weighted by Crippen LogP contribution is 2.26. The van der Waals surface area contributed by atoms with Crippen LogP contribution < -0.4 is 11.1 Å². The topological polar surface area (TPSA) is 88.0 Å². The van der Waals surface area contributed by atoms with Gasteiger partial charge in [-0.3, -0.25) is 9.59 Å². The smallest absolute Gasteiger partial charge is 0.251 e. The molecule has 1 aromatic heterocycles. The SMILES string of the molecule is CC(C)[C@H](NC(=O)c1ccc2[nH]c3ccccc3c2c1)C(N)=O. The Morgan fingerprint density at radius 2 is 1.74 bits per heavy atom. The van der Waals surface area contributed by atoms with Crippen LogP contribution in [0, 0.1) is 5.92 Å². The number of H-pyrrole nitrogens is 1. The fraction of sp³-hybridized carbons (Fsp3) is 0.222. The molecule has 0 saturated heterocycles. The molecule has 2 amide bonds. The second kappa shape index (κ2) is 5.76. The fourth-order valence-corrected chi connectivity index (χ4v) is 2.78. The minimum atomic E-state index is -0.679. The standard InChI is InChI=1S/C18H19N3O2/c1-10(2)16(17(19)22)21-18(23)11-7-8-15-13(9-11)12-5-3-4-6-14(12)20-15/h3-10,16,20H,1-2H3,(H2,19,22)(H,21,23)/t16-/m0/s1. The van der Waals surface area contributed by atoms with Gasteiger partial charge in [-0.05, 0) is 30.2 Å². The lowest BCUT2D eigenvalue weighted by molar-refractivity contribution is -0.120. The van der Waals surface area contributed by atoms with Crippen LogP contribution in [0.15, 0.2) is 42.5 Å². The molecule has 5 heteroatoms. The van der Waals surface area contributed by atoms with Crippen molar-refractivity contribution < 1.29 is 9.59 Å². The number of benzene rings is 2. The molecular formula is C18H19N3O2. The third-order valence-electron chi connectivity index (χ3n) is 4.03. The molecule has 2 aromatic carbocycles. The third kappa shape index (κ3) is 2.77. The first kappa shape index (κ1) is 15.1. The molecule has 1 atom stereocenters. The maximum Gasteiger partial charge on any atom is 0.251 e. The van der Waals surface area contributed by atoms with Gasteiger partial charge in [0.1, 0.15) is 6.04 Å². The van der Waals surface area contributed by atoms with Crippen LogP contribution in [0.3, 0.4) is 0 Å². The predicted octanol–water partition coefficient (Wildman–Crippen LogP) is 2.56. The van der Waals surface area contributed by atoms with Crippen molar-refractivity contribution in [1.82, 2.24) is 10.3 Å². The van der Waals surface area contributed by atoms with E-state index in [1.807, 2.05) is 50.2 Å². The van der Waals surface area contributed by atoms with Crippen LogP contribution in [0.1, 0.15) is 24.2 Å². The van der Waals surface area contributed by atoms with Crippen molar-refractivity contribution >= 4 is 33.6 Å². The Kier molecular flexibility index (Phi) is 3.78. The molecule has 0 fully saturated rings. The van der Waals surface area contributed by atoms with Gasteiger partial charge in [-0.25, -0.2) is 0 Å². The van der Waals surface area contributed by atoms with E-state index >= 15 is 0 Å². The Morgan fingerprint density at radius 3 is 2.43 bits per heavy atom. The molecule has 23 heavy (non-hydrogen) atoms. The lowest BCUT2D eigenvalue weighted by Gasteiger charge is -2.18. The minimum absolute atomic E-state index is 0.0618. The van der Waals surface area contributed by atoms with Crippen molar-refractivity contribution in [3.05, 3.63) is 48.0 Å². The van der Waals surface area contributed by atoms with Crippen molar-refractivity contribution in [2.24, 2.45) is 11.7 Å². The summed E-state index contributed by atoms with van der Waals surface area (Å²) in [6.45, 7) is 3.69. The van der Waals surface area contributed by atoms with E-state index in [2.05, 4.69) is 10.3 Å². The average molecular weight is 309 g/mol. The number of aromatic nitrogens is 1. The van der Waals surface area contributed by atoms with Crippen LogP contribution in [0.5, 0.6) is 0 Å². The molecule has 0 aliphatic rings. The summed E-state index contributed by atoms with van der Waals surface area (Å²) in [5, 5.41) is 4.76. The summed E-state index contributed by atoms with van der Waals surface area (Å²) >= 11 is 0. The third-order valence-corrected chi connectivity index (χ3v) is 4.03. The molecule has 0 aliphatic heterocycles. The number of fused-ring (bicyclic) bond motifs is 3. The van der Waals surface area contributed by atoms with Gasteiger partial charge in [0.2, 0.25) is 5.91 Å². The number of hydrogen-bond donors (Lipinski definition) is 3. The second-order valence-corrected chi connectivity index (χ2v) is 6.03. The van der Waals surface area contributed by atoms with E-state index < -0.39 is 11.9 Å². The van der Waals surface area contributed by atoms with E-state index in [1.165, 1.54) is 0 Å². The van der Waals surface area contributed by atoms with Gasteiger partial charge in [0, 0.05) is 27.4 Å². The molecule has 0 radical (unpaired) electrons. The van der Waals surface area contributed by atoms with Crippen LogP contribution in [-0.4, -0.2) is 22.8 Å². The van der Waals surface area contributed by atoms with Gasteiger partial charge in [-0.1, -0.05) is 32.0 Å². The van der Waals surface area contributed by atoms with Gasteiger partial charge >= 0.3 is 0 Å². The number of nitrogens with one attached hydrogen (secondary N) is 2. The summed E-state index contributed by atoms with van der Waals surface area (Å²) in [5.74, 6) is -0.885. The molecule has 3 aromatic rings. The number of amides is 2. The Labute approximate surface area is 133 Å². The van der Waals surface area contributed by atoms with Gasteiger partial charge < -0.3 is 16.0 Å². The molecular weight excluding hydrogens is 290 g/mol. The van der Waals surface area contributed by atoms with E-state index in [9.17, 15) is 9.59 Å². The highest BCUT2D eigenvalue weighted by molar-refractivity contribution is 6.10. The van der Waals surface area contributed by atoms with E-state index in [0.717, 1.165) is 21.8 Å². The summed E-state index contributed by atoms with van der Waals surface area (Å²) in [6.07, 6.45) is 0. The fourth-order valence-electron chi connectivity index (χ4n) is 2.78. The van der Waals surface area contributed by atoms with Gasteiger partial charge in [-0.2, -0.15) is 0 Å². The Morgan fingerprint density at radius 1 is 1.04 bits per heavy atom. The average Bonchev–Trinajstić information content (AvgIpc) is 2.89. The molecule has 5 nitrogen and oxygen atoms in total. The van der Waals surface area contributed by atoms with E-state index in [4.69, 9.17) is 5.73 Å². The normalized spacial score (nSPS) is 12.7. The minimum Gasteiger partial charge on any atom is -0.368 e. The Bertz CT molecular complexity index is 896. The number of carbonyl (C=O) groups is 2. The predicted molar refractivity (Wildman–Crippen MR) is 91.1 cm³/mol.